The van der Waals surface area contributed by atoms with Crippen molar-refractivity contribution in [2.75, 3.05) is 39.6 Å². The Kier molecular flexibility index (Phi) is 5.58. The lowest BCUT2D eigenvalue weighted by molar-refractivity contribution is 0.227. The standard InChI is InChI=1S/C12H19NO4S/c1-13(6-8-14)7-9-18(15,16)12-5-3-4-11(10-12)17-2/h3-5,10,14H,6-9H2,1-2H3. The van der Waals surface area contributed by atoms with Gasteiger partial charge in [0.1, 0.15) is 5.75 Å². The van der Waals surface area contributed by atoms with Crippen LogP contribution in [0.5, 0.6) is 5.75 Å². The first-order valence-electron chi connectivity index (χ1n) is 5.66. The molecule has 18 heavy (non-hydrogen) atoms. The van der Waals surface area contributed by atoms with Crippen molar-refractivity contribution >= 4 is 9.84 Å². The second kappa shape index (κ2) is 6.72. The third-order valence-corrected chi connectivity index (χ3v) is 4.32. The van der Waals surface area contributed by atoms with Crippen molar-refractivity contribution in [1.29, 1.82) is 0 Å². The maximum atomic E-state index is 12.1. The van der Waals surface area contributed by atoms with E-state index in [0.29, 0.717) is 18.8 Å². The van der Waals surface area contributed by atoms with E-state index in [4.69, 9.17) is 9.84 Å². The lowest BCUT2D eigenvalue weighted by Crippen LogP contribution is -2.28. The van der Waals surface area contributed by atoms with Gasteiger partial charge in [0, 0.05) is 13.1 Å². The number of likely N-dealkylation sites (N-methyl/N-ethyl adjacent to an activating group) is 1. The van der Waals surface area contributed by atoms with Crippen LogP contribution < -0.4 is 4.74 Å². The number of rotatable bonds is 7. The van der Waals surface area contributed by atoms with Crippen LogP contribution in [0.3, 0.4) is 0 Å². The Morgan fingerprint density at radius 3 is 2.67 bits per heavy atom. The van der Waals surface area contributed by atoms with Gasteiger partial charge in [-0.05, 0) is 25.2 Å². The van der Waals surface area contributed by atoms with Crippen molar-refractivity contribution in [3.05, 3.63) is 24.3 Å². The van der Waals surface area contributed by atoms with Gasteiger partial charge < -0.3 is 14.7 Å². The molecule has 0 amide bonds. The maximum absolute atomic E-state index is 12.1. The molecule has 0 radical (unpaired) electrons. The van der Waals surface area contributed by atoms with E-state index in [9.17, 15) is 8.42 Å². The molecule has 0 fully saturated rings. The normalized spacial score (nSPS) is 11.8. The molecular weight excluding hydrogens is 254 g/mol. The van der Waals surface area contributed by atoms with E-state index >= 15 is 0 Å². The van der Waals surface area contributed by atoms with Crippen LogP contribution in [0.1, 0.15) is 0 Å². The predicted molar refractivity (Wildman–Crippen MR) is 69.6 cm³/mol. The molecular formula is C12H19NO4S. The molecule has 1 aromatic carbocycles. The van der Waals surface area contributed by atoms with Crippen LogP contribution in [0.4, 0.5) is 0 Å². The van der Waals surface area contributed by atoms with Crippen LogP contribution in [-0.4, -0.2) is 58.0 Å². The number of aliphatic hydroxyl groups excluding tert-OH is 1. The van der Waals surface area contributed by atoms with Gasteiger partial charge in [-0.15, -0.1) is 0 Å². The van der Waals surface area contributed by atoms with Crippen molar-refractivity contribution in [1.82, 2.24) is 4.90 Å². The van der Waals surface area contributed by atoms with E-state index in [-0.39, 0.29) is 17.3 Å². The number of benzene rings is 1. The summed E-state index contributed by atoms with van der Waals surface area (Å²) >= 11 is 0. The zero-order valence-electron chi connectivity index (χ0n) is 10.7. The average Bonchev–Trinajstić information content (AvgIpc) is 2.37. The average molecular weight is 273 g/mol. The topological polar surface area (TPSA) is 66.8 Å². The summed E-state index contributed by atoms with van der Waals surface area (Å²) in [6, 6.07) is 6.44. The molecule has 0 saturated carbocycles. The number of hydrogen-bond acceptors (Lipinski definition) is 5. The Morgan fingerprint density at radius 2 is 2.06 bits per heavy atom. The van der Waals surface area contributed by atoms with E-state index in [2.05, 4.69) is 0 Å². The minimum Gasteiger partial charge on any atom is -0.497 e. The Hall–Kier alpha value is -1.11. The molecule has 0 heterocycles. The molecule has 5 nitrogen and oxygen atoms in total. The zero-order valence-corrected chi connectivity index (χ0v) is 11.5. The fourth-order valence-corrected chi connectivity index (χ4v) is 2.84. The van der Waals surface area contributed by atoms with Gasteiger partial charge in [0.2, 0.25) is 0 Å². The largest absolute Gasteiger partial charge is 0.497 e. The number of methoxy groups -OCH3 is 1. The molecule has 102 valence electrons. The van der Waals surface area contributed by atoms with Gasteiger partial charge in [-0.1, -0.05) is 6.07 Å². The molecule has 0 aliphatic carbocycles. The Bertz CT molecular complexity index is 473. The van der Waals surface area contributed by atoms with Crippen molar-refractivity contribution < 1.29 is 18.3 Å². The van der Waals surface area contributed by atoms with Gasteiger partial charge in [0.25, 0.3) is 0 Å². The molecule has 0 aromatic heterocycles. The second-order valence-corrected chi connectivity index (χ2v) is 6.13. The molecule has 0 aliphatic rings. The van der Waals surface area contributed by atoms with Crippen molar-refractivity contribution in [2.45, 2.75) is 4.90 Å². The highest BCUT2D eigenvalue weighted by Crippen LogP contribution is 2.18. The van der Waals surface area contributed by atoms with Gasteiger partial charge >= 0.3 is 0 Å². The van der Waals surface area contributed by atoms with Crippen LogP contribution in [-0.2, 0) is 9.84 Å². The molecule has 1 aromatic rings. The first-order valence-corrected chi connectivity index (χ1v) is 7.31. The summed E-state index contributed by atoms with van der Waals surface area (Å²) in [6.07, 6.45) is 0. The minimum atomic E-state index is -3.31. The quantitative estimate of drug-likeness (QED) is 0.778. The molecule has 1 rings (SSSR count). The molecule has 1 N–H and O–H groups in total. The van der Waals surface area contributed by atoms with E-state index < -0.39 is 9.84 Å². The van der Waals surface area contributed by atoms with Gasteiger partial charge in [-0.3, -0.25) is 0 Å². The van der Waals surface area contributed by atoms with Gasteiger partial charge in [0.05, 0.1) is 24.4 Å². The highest BCUT2D eigenvalue weighted by molar-refractivity contribution is 7.91. The lowest BCUT2D eigenvalue weighted by Gasteiger charge is -2.15. The molecule has 0 bridgehead atoms. The number of hydrogen-bond donors (Lipinski definition) is 1. The monoisotopic (exact) mass is 273 g/mol. The van der Waals surface area contributed by atoms with E-state index in [0.717, 1.165) is 0 Å². The lowest BCUT2D eigenvalue weighted by atomic mass is 10.3. The van der Waals surface area contributed by atoms with E-state index in [1.54, 1.807) is 30.1 Å². The first-order chi connectivity index (χ1) is 8.49. The molecule has 0 spiro atoms. The number of aliphatic hydroxyl groups is 1. The van der Waals surface area contributed by atoms with Crippen LogP contribution in [0, 0.1) is 0 Å². The first kappa shape index (κ1) is 14.9. The summed E-state index contributed by atoms with van der Waals surface area (Å²) in [7, 11) is -0.0337. The summed E-state index contributed by atoms with van der Waals surface area (Å²) in [5, 5.41) is 8.74. The van der Waals surface area contributed by atoms with Crippen LogP contribution >= 0.6 is 0 Å². The van der Waals surface area contributed by atoms with Gasteiger partial charge in [-0.2, -0.15) is 0 Å². The summed E-state index contributed by atoms with van der Waals surface area (Å²) in [6.45, 7) is 0.878. The zero-order chi connectivity index (χ0) is 13.6. The smallest absolute Gasteiger partial charge is 0.179 e. The van der Waals surface area contributed by atoms with Crippen LogP contribution in [0.15, 0.2) is 29.2 Å². The second-order valence-electron chi connectivity index (χ2n) is 4.02. The number of nitrogens with zero attached hydrogens (tertiary/aromatic N) is 1. The van der Waals surface area contributed by atoms with Crippen molar-refractivity contribution in [3.63, 3.8) is 0 Å². The fraction of sp³-hybridized carbons (Fsp3) is 0.500. The molecule has 0 atom stereocenters. The summed E-state index contributed by atoms with van der Waals surface area (Å²) in [4.78, 5) is 2.04. The third-order valence-electron chi connectivity index (χ3n) is 2.62. The van der Waals surface area contributed by atoms with Crippen LogP contribution in [0.25, 0.3) is 0 Å². The van der Waals surface area contributed by atoms with E-state index in [1.165, 1.54) is 13.2 Å². The Labute approximate surface area is 108 Å². The highest BCUT2D eigenvalue weighted by Gasteiger charge is 2.15. The molecule has 6 heteroatoms. The molecule has 0 saturated heterocycles. The number of sulfone groups is 1. The Balaban J connectivity index is 2.73. The number of ether oxygens (including phenoxy) is 1. The highest BCUT2D eigenvalue weighted by atomic mass is 32.2. The van der Waals surface area contributed by atoms with Crippen molar-refractivity contribution in [2.24, 2.45) is 0 Å². The fourth-order valence-electron chi connectivity index (χ4n) is 1.47. The third kappa shape index (κ3) is 4.29. The van der Waals surface area contributed by atoms with Gasteiger partial charge in [0.15, 0.2) is 9.84 Å². The van der Waals surface area contributed by atoms with Gasteiger partial charge in [-0.25, -0.2) is 8.42 Å². The molecule has 0 unspecified atom stereocenters. The molecule has 0 aliphatic heterocycles. The Morgan fingerprint density at radius 1 is 1.33 bits per heavy atom. The van der Waals surface area contributed by atoms with Crippen molar-refractivity contribution in [3.8, 4) is 5.75 Å². The summed E-state index contributed by atoms with van der Waals surface area (Å²) < 4.78 is 29.1. The summed E-state index contributed by atoms with van der Waals surface area (Å²) in [5.74, 6) is 0.552. The maximum Gasteiger partial charge on any atom is 0.179 e. The van der Waals surface area contributed by atoms with Crippen LogP contribution in [0.2, 0.25) is 0 Å². The predicted octanol–water partition coefficient (Wildman–Crippen LogP) is 0.393. The minimum absolute atomic E-state index is 0.0235. The summed E-state index contributed by atoms with van der Waals surface area (Å²) in [5.41, 5.74) is 0. The van der Waals surface area contributed by atoms with E-state index in [1.807, 2.05) is 0 Å². The SMILES string of the molecule is COc1cccc(S(=O)(=O)CCN(C)CCO)c1.